The summed E-state index contributed by atoms with van der Waals surface area (Å²) >= 11 is 0. The maximum Gasteiger partial charge on any atom is 0.340 e. The third-order valence-corrected chi connectivity index (χ3v) is 3.88. The molecule has 0 fully saturated rings. The average Bonchev–Trinajstić information content (AvgIpc) is 3.00. The third-order valence-electron chi connectivity index (χ3n) is 2.36. The minimum Gasteiger partial charge on any atom is -0.478 e. The number of carboxylic acid groups (broad SMARTS) is 1. The summed E-state index contributed by atoms with van der Waals surface area (Å²) in [5, 5.41) is 14.0. The summed E-state index contributed by atoms with van der Waals surface area (Å²) in [5.41, 5.74) is -0.417. The molecule has 0 radical (unpaired) electrons. The number of hydrogen-bond acceptors (Lipinski definition) is 5. The Labute approximate surface area is 108 Å². The first-order valence-electron chi connectivity index (χ1n) is 5.20. The maximum absolute atomic E-state index is 12.0. The van der Waals surface area contributed by atoms with Gasteiger partial charge in [-0.2, -0.15) is 9.82 Å². The normalized spacial score (nSPS) is 13.3. The Hall–Kier alpha value is -2.20. The molecule has 0 aliphatic carbocycles. The van der Waals surface area contributed by atoms with Crippen LogP contribution in [-0.2, 0) is 10.0 Å². The number of H-pyrrole nitrogens is 2. The summed E-state index contributed by atoms with van der Waals surface area (Å²) in [6, 6.07) is -0.634. The number of hydrogen-bond donors (Lipinski definition) is 4. The Balaban J connectivity index is 2.28. The van der Waals surface area contributed by atoms with E-state index in [1.807, 2.05) is 0 Å². The van der Waals surface area contributed by atoms with Crippen molar-refractivity contribution in [1.29, 1.82) is 0 Å². The number of aromatic nitrogens is 4. The fourth-order valence-corrected chi connectivity index (χ4v) is 2.79. The van der Waals surface area contributed by atoms with Crippen molar-refractivity contribution in [3.63, 3.8) is 0 Å². The van der Waals surface area contributed by atoms with Crippen LogP contribution in [0.4, 0.5) is 0 Å². The summed E-state index contributed by atoms with van der Waals surface area (Å²) in [7, 11) is -4.03. The second-order valence-electron chi connectivity index (χ2n) is 3.74. The van der Waals surface area contributed by atoms with Gasteiger partial charge in [0.25, 0.3) is 10.0 Å². The van der Waals surface area contributed by atoms with Gasteiger partial charge in [-0.3, -0.25) is 5.10 Å². The minimum atomic E-state index is -4.03. The summed E-state index contributed by atoms with van der Waals surface area (Å²) in [6.07, 6.45) is 3.98. The largest absolute Gasteiger partial charge is 0.478 e. The van der Waals surface area contributed by atoms with Gasteiger partial charge < -0.3 is 10.1 Å². The molecule has 4 N–H and O–H groups in total. The summed E-state index contributed by atoms with van der Waals surface area (Å²) < 4.78 is 26.4. The predicted octanol–water partition coefficient (Wildman–Crippen LogP) is -0.130. The molecule has 10 heteroatoms. The Bertz CT molecular complexity index is 675. The first-order valence-corrected chi connectivity index (χ1v) is 6.68. The molecule has 102 valence electrons. The average molecular weight is 285 g/mol. The van der Waals surface area contributed by atoms with Crippen LogP contribution >= 0.6 is 0 Å². The van der Waals surface area contributed by atoms with Gasteiger partial charge in [-0.25, -0.2) is 18.2 Å². The lowest BCUT2D eigenvalue weighted by Gasteiger charge is -2.11. The lowest BCUT2D eigenvalue weighted by molar-refractivity contribution is 0.0692. The van der Waals surface area contributed by atoms with Gasteiger partial charge in [0.2, 0.25) is 0 Å². The fourth-order valence-electron chi connectivity index (χ4n) is 1.49. The summed E-state index contributed by atoms with van der Waals surface area (Å²) in [6.45, 7) is 1.58. The Kier molecular flexibility index (Phi) is 3.36. The highest BCUT2D eigenvalue weighted by molar-refractivity contribution is 7.89. The van der Waals surface area contributed by atoms with Crippen LogP contribution in [0.2, 0.25) is 0 Å². The van der Waals surface area contributed by atoms with Crippen LogP contribution in [0.25, 0.3) is 0 Å². The zero-order valence-electron chi connectivity index (χ0n) is 9.78. The Morgan fingerprint density at radius 3 is 2.84 bits per heavy atom. The van der Waals surface area contributed by atoms with E-state index in [0.717, 1.165) is 6.20 Å². The fraction of sp³-hybridized carbons (Fsp3) is 0.222. The number of rotatable bonds is 5. The number of aromatic amines is 2. The third kappa shape index (κ3) is 2.63. The maximum atomic E-state index is 12.0. The van der Waals surface area contributed by atoms with Crippen LogP contribution < -0.4 is 4.72 Å². The topological polar surface area (TPSA) is 141 Å². The monoisotopic (exact) mass is 285 g/mol. The zero-order valence-corrected chi connectivity index (χ0v) is 10.6. The van der Waals surface area contributed by atoms with E-state index in [-0.39, 0.29) is 0 Å². The molecule has 1 unspecified atom stereocenters. The van der Waals surface area contributed by atoms with E-state index in [4.69, 9.17) is 5.11 Å². The van der Waals surface area contributed by atoms with E-state index in [1.54, 1.807) is 13.1 Å². The van der Waals surface area contributed by atoms with Crippen molar-refractivity contribution in [1.82, 2.24) is 24.9 Å². The van der Waals surface area contributed by atoms with E-state index in [0.29, 0.717) is 5.82 Å². The molecule has 19 heavy (non-hydrogen) atoms. The highest BCUT2D eigenvalue weighted by atomic mass is 32.2. The van der Waals surface area contributed by atoms with Gasteiger partial charge in [-0.1, -0.05) is 0 Å². The minimum absolute atomic E-state index is 0.417. The van der Waals surface area contributed by atoms with Crippen molar-refractivity contribution in [2.24, 2.45) is 0 Å². The van der Waals surface area contributed by atoms with Crippen LogP contribution in [0.1, 0.15) is 29.1 Å². The smallest absolute Gasteiger partial charge is 0.340 e. The number of nitrogens with one attached hydrogen (secondary N) is 3. The number of imidazole rings is 1. The molecule has 9 nitrogen and oxygen atoms in total. The number of carboxylic acids is 1. The molecule has 2 rings (SSSR count). The van der Waals surface area contributed by atoms with Crippen molar-refractivity contribution >= 4 is 16.0 Å². The van der Waals surface area contributed by atoms with Gasteiger partial charge >= 0.3 is 5.97 Å². The molecule has 0 bridgehead atoms. The van der Waals surface area contributed by atoms with Gasteiger partial charge in [0.1, 0.15) is 11.4 Å². The standard InChI is InChI=1S/C9H11N5O4S/c1-5(7-10-2-3-11-7)14-19(17,18)8-6(9(15)16)4-12-13-8/h2-5,14H,1H3,(H,10,11)(H,12,13)(H,15,16). The molecule has 2 heterocycles. The Morgan fingerprint density at radius 1 is 1.53 bits per heavy atom. The highest BCUT2D eigenvalue weighted by Crippen LogP contribution is 2.15. The van der Waals surface area contributed by atoms with Crippen molar-refractivity contribution in [2.75, 3.05) is 0 Å². The van der Waals surface area contributed by atoms with Gasteiger partial charge in [0, 0.05) is 12.4 Å². The molecular formula is C9H11N5O4S. The molecule has 0 amide bonds. The van der Waals surface area contributed by atoms with Crippen LogP contribution in [0.5, 0.6) is 0 Å². The molecule has 2 aromatic heterocycles. The SMILES string of the molecule is CC(NS(=O)(=O)c1[nH]ncc1C(=O)O)c1ncc[nH]1. The van der Waals surface area contributed by atoms with E-state index < -0.39 is 32.6 Å². The van der Waals surface area contributed by atoms with E-state index in [9.17, 15) is 13.2 Å². The number of carbonyl (C=O) groups is 1. The lowest BCUT2D eigenvalue weighted by Crippen LogP contribution is -2.29. The lowest BCUT2D eigenvalue weighted by atomic mass is 10.3. The van der Waals surface area contributed by atoms with Crippen LogP contribution in [0, 0.1) is 0 Å². The van der Waals surface area contributed by atoms with E-state index in [1.165, 1.54) is 6.20 Å². The molecule has 1 atom stereocenters. The molecule has 2 aromatic rings. The van der Waals surface area contributed by atoms with Gasteiger partial charge in [0.15, 0.2) is 5.03 Å². The predicted molar refractivity (Wildman–Crippen MR) is 62.9 cm³/mol. The number of aromatic carboxylic acids is 1. The molecule has 0 aliphatic heterocycles. The van der Waals surface area contributed by atoms with Crippen LogP contribution in [-0.4, -0.2) is 39.7 Å². The van der Waals surface area contributed by atoms with Crippen molar-refractivity contribution in [3.8, 4) is 0 Å². The van der Waals surface area contributed by atoms with Crippen molar-refractivity contribution in [3.05, 3.63) is 30.0 Å². The highest BCUT2D eigenvalue weighted by Gasteiger charge is 2.27. The van der Waals surface area contributed by atoms with Gasteiger partial charge in [-0.15, -0.1) is 0 Å². The molecule has 0 spiro atoms. The summed E-state index contributed by atoms with van der Waals surface area (Å²) in [4.78, 5) is 17.5. The van der Waals surface area contributed by atoms with Gasteiger partial charge in [0.05, 0.1) is 12.2 Å². The summed E-state index contributed by atoms with van der Waals surface area (Å²) in [5.74, 6) is -0.959. The molecule has 0 aromatic carbocycles. The van der Waals surface area contributed by atoms with Gasteiger partial charge in [-0.05, 0) is 6.92 Å². The second kappa shape index (κ2) is 4.82. The zero-order chi connectivity index (χ0) is 14.0. The quantitative estimate of drug-likeness (QED) is 0.603. The first kappa shape index (κ1) is 13.2. The molecule has 0 aliphatic rings. The molecule has 0 saturated heterocycles. The second-order valence-corrected chi connectivity index (χ2v) is 5.39. The van der Waals surface area contributed by atoms with Crippen molar-refractivity contribution in [2.45, 2.75) is 18.0 Å². The Morgan fingerprint density at radius 2 is 2.26 bits per heavy atom. The molecule has 0 saturated carbocycles. The first-order chi connectivity index (χ1) is 8.92. The van der Waals surface area contributed by atoms with Crippen molar-refractivity contribution < 1.29 is 18.3 Å². The van der Waals surface area contributed by atoms with E-state index >= 15 is 0 Å². The van der Waals surface area contributed by atoms with Crippen LogP contribution in [0.3, 0.4) is 0 Å². The van der Waals surface area contributed by atoms with Crippen LogP contribution in [0.15, 0.2) is 23.6 Å². The number of nitrogens with zero attached hydrogens (tertiary/aromatic N) is 2. The number of sulfonamides is 1. The molecular weight excluding hydrogens is 274 g/mol. The van der Waals surface area contributed by atoms with E-state index in [2.05, 4.69) is 24.9 Å².